The number of phenols is 1. The number of rotatable bonds is 9. The van der Waals surface area contributed by atoms with Crippen LogP contribution in [0.1, 0.15) is 24.6 Å². The van der Waals surface area contributed by atoms with E-state index >= 15 is 0 Å². The van der Waals surface area contributed by atoms with Gasteiger partial charge in [0.1, 0.15) is 5.75 Å². The quantitative estimate of drug-likeness (QED) is 0.102. The number of nitrogens with zero attached hydrogens (tertiary/aromatic N) is 3. The number of hydrogen-bond donors (Lipinski definition) is 5. The zero-order valence-electron chi connectivity index (χ0n) is 23.1. The summed E-state index contributed by atoms with van der Waals surface area (Å²) in [6.07, 6.45) is -3.27. The third-order valence-corrected chi connectivity index (χ3v) is 8.31. The molecule has 1 amide bonds. The molecule has 0 spiro atoms. The SMILES string of the molecule is B[PH]1(O)OC[C@H]2O[C@@H](n3cnc4c(=O)[nH]c(N)nc43)C(OC(=O)CCC(=O)NC(Cc3ccc(O)cc3)C(=O)OC)[C@H]2O1. The number of amides is 1. The molecule has 230 valence electrons. The predicted octanol–water partition coefficient (Wildman–Crippen LogP) is -1.65. The molecular weight excluding hydrogens is 590 g/mol. The number of ether oxygens (including phenoxy) is 3. The van der Waals surface area contributed by atoms with Gasteiger partial charge in [-0.05, 0) is 12.1 Å². The number of benzene rings is 1. The van der Waals surface area contributed by atoms with Gasteiger partial charge in [0.15, 0.2) is 0 Å². The van der Waals surface area contributed by atoms with Crippen molar-refractivity contribution >= 4 is 50.3 Å². The molecule has 43 heavy (non-hydrogen) atoms. The summed E-state index contributed by atoms with van der Waals surface area (Å²) >= 11 is 0. The van der Waals surface area contributed by atoms with Gasteiger partial charge in [-0.1, -0.05) is 12.1 Å². The number of nitrogens with one attached hydrogen (secondary N) is 2. The second-order valence-electron chi connectivity index (χ2n) is 10.1. The molecule has 0 saturated carbocycles. The number of esters is 2. The van der Waals surface area contributed by atoms with Crippen LogP contribution in [0.4, 0.5) is 5.95 Å². The standard InChI is InChI=1S/C24H30BN6O11P/c1-38-23(36)13(8-11-2-4-12(32)5-3-11)28-15(33)6-7-16(34)41-19-18-14(9-39-43(25,37)42-18)40-22(19)31-10-27-17-20(31)29-24(26)30-21(17)35/h2-5,10,13-14,18-19,22,32,37,43H,6-9,25H2,1H3,(H,28,33)(H3,26,29,30,35)/t13?,14-,18+,19?,22-/m1/s1. The van der Waals surface area contributed by atoms with Crippen LogP contribution in [0.2, 0.25) is 0 Å². The van der Waals surface area contributed by atoms with Gasteiger partial charge in [0.25, 0.3) is 0 Å². The minimum absolute atomic E-state index is 0.0274. The van der Waals surface area contributed by atoms with Crippen molar-refractivity contribution < 1.29 is 47.6 Å². The van der Waals surface area contributed by atoms with Gasteiger partial charge < -0.3 is 5.11 Å². The molecule has 0 aliphatic carbocycles. The molecule has 2 aliphatic rings. The number of anilines is 1. The fraction of sp³-hybridized carbons (Fsp3) is 0.417. The molecule has 1 aromatic carbocycles. The number of hydrogen-bond acceptors (Lipinski definition) is 14. The van der Waals surface area contributed by atoms with E-state index < -0.39 is 61.8 Å². The maximum atomic E-state index is 13.0. The Hall–Kier alpha value is -4.09. The van der Waals surface area contributed by atoms with Crippen LogP contribution in [-0.4, -0.2) is 93.0 Å². The van der Waals surface area contributed by atoms with Crippen molar-refractivity contribution in [3.63, 3.8) is 0 Å². The van der Waals surface area contributed by atoms with Crippen molar-refractivity contribution in [3.05, 3.63) is 46.5 Å². The van der Waals surface area contributed by atoms with Gasteiger partial charge in [-0.2, -0.15) is 0 Å². The number of nitrogen functional groups attached to an aromatic ring is 1. The number of fused-ring (bicyclic) bond motifs is 2. The second kappa shape index (κ2) is 12.3. The van der Waals surface area contributed by atoms with E-state index in [0.29, 0.717) is 5.56 Å². The van der Waals surface area contributed by atoms with Gasteiger partial charge in [-0.25, -0.2) is 0 Å². The number of carbonyl (C=O) groups is 3. The number of methoxy groups -OCH3 is 1. The third kappa shape index (κ3) is 6.78. The third-order valence-electron chi connectivity index (χ3n) is 6.90. The van der Waals surface area contributed by atoms with Crippen molar-refractivity contribution in [1.82, 2.24) is 24.8 Å². The summed E-state index contributed by atoms with van der Waals surface area (Å²) in [6.45, 7) is -0.0461. The van der Waals surface area contributed by atoms with Gasteiger partial charge in [0.05, 0.1) is 7.11 Å². The number of imidazole rings is 1. The normalized spacial score (nSPS) is 24.0. The fourth-order valence-corrected chi connectivity index (χ4v) is 6.22. The van der Waals surface area contributed by atoms with Crippen molar-refractivity contribution in [2.24, 2.45) is 0 Å². The Bertz CT molecular complexity index is 1580. The second-order valence-corrected chi connectivity index (χ2v) is 12.4. The first-order valence-corrected chi connectivity index (χ1v) is 15.5. The summed E-state index contributed by atoms with van der Waals surface area (Å²) in [5.74, 6) is -2.21. The minimum atomic E-state index is -3.57. The first kappa shape index (κ1) is 30.4. The summed E-state index contributed by atoms with van der Waals surface area (Å²) in [6, 6.07) is 5.07. The molecule has 0 bridgehead atoms. The van der Waals surface area contributed by atoms with E-state index in [1.54, 1.807) is 12.1 Å². The molecule has 2 unspecified atom stereocenters. The average molecular weight is 620 g/mol. The summed E-state index contributed by atoms with van der Waals surface area (Å²) in [5, 5.41) is 12.0. The Morgan fingerprint density at radius 3 is 2.77 bits per heavy atom. The fourth-order valence-electron chi connectivity index (χ4n) is 4.88. The Morgan fingerprint density at radius 1 is 1.30 bits per heavy atom. The van der Waals surface area contributed by atoms with Crippen LogP contribution >= 0.6 is 7.82 Å². The van der Waals surface area contributed by atoms with E-state index in [1.807, 2.05) is 0 Å². The Morgan fingerprint density at radius 2 is 2.05 bits per heavy atom. The Kier molecular flexibility index (Phi) is 8.66. The van der Waals surface area contributed by atoms with Crippen LogP contribution in [0.25, 0.3) is 11.2 Å². The van der Waals surface area contributed by atoms with Crippen LogP contribution in [0.3, 0.4) is 0 Å². The molecule has 4 heterocycles. The molecule has 5 atom stereocenters. The van der Waals surface area contributed by atoms with Gasteiger partial charge in [-0.15, -0.1) is 0 Å². The molecular formula is C24H30BN6O11P. The van der Waals surface area contributed by atoms with Crippen LogP contribution < -0.4 is 16.6 Å². The number of aromatic nitrogens is 4. The topological polar surface area (TPSA) is 239 Å². The number of carbonyl (C=O) groups excluding carboxylic acids is 3. The van der Waals surface area contributed by atoms with Crippen LogP contribution in [0.5, 0.6) is 5.75 Å². The van der Waals surface area contributed by atoms with E-state index in [1.165, 1.54) is 37.7 Å². The molecule has 6 N–H and O–H groups in total. The van der Waals surface area contributed by atoms with E-state index in [9.17, 15) is 29.2 Å². The molecule has 2 saturated heterocycles. The molecule has 2 aromatic heterocycles. The van der Waals surface area contributed by atoms with E-state index in [-0.39, 0.29) is 48.7 Å². The summed E-state index contributed by atoms with van der Waals surface area (Å²) in [4.78, 5) is 71.3. The maximum absolute atomic E-state index is 13.0. The van der Waals surface area contributed by atoms with Crippen LogP contribution in [0.15, 0.2) is 35.4 Å². The van der Waals surface area contributed by atoms with Gasteiger partial charge >= 0.3 is 202 Å². The summed E-state index contributed by atoms with van der Waals surface area (Å²) in [5.41, 5.74) is 5.84. The van der Waals surface area contributed by atoms with Crippen molar-refractivity contribution in [2.75, 3.05) is 19.5 Å². The van der Waals surface area contributed by atoms with Crippen LogP contribution in [0, 0.1) is 0 Å². The van der Waals surface area contributed by atoms with Gasteiger partial charge in [0.2, 0.25) is 0 Å². The molecule has 17 nitrogen and oxygen atoms in total. The number of H-pyrrole nitrogens is 1. The Balaban J connectivity index is 1.28. The van der Waals surface area contributed by atoms with Crippen LogP contribution in [-0.2, 0) is 44.1 Å². The van der Waals surface area contributed by atoms with Crippen molar-refractivity contribution in [2.45, 2.75) is 49.8 Å². The molecule has 19 heteroatoms. The van der Waals surface area contributed by atoms with E-state index in [2.05, 4.69) is 20.3 Å². The number of phenolic OH excluding ortho intramolecular Hbond substituents is 1. The zero-order valence-corrected chi connectivity index (χ0v) is 24.1. The predicted molar refractivity (Wildman–Crippen MR) is 151 cm³/mol. The van der Waals surface area contributed by atoms with Crippen molar-refractivity contribution in [3.8, 4) is 5.75 Å². The number of nitrogens with two attached hydrogens (primary N) is 1. The molecule has 2 aliphatic heterocycles. The molecule has 5 rings (SSSR count). The monoisotopic (exact) mass is 620 g/mol. The first-order chi connectivity index (χ1) is 20.4. The summed E-state index contributed by atoms with van der Waals surface area (Å²) in [7, 11) is -0.976. The molecule has 0 radical (unpaired) electrons. The van der Waals surface area contributed by atoms with E-state index in [0.717, 1.165) is 0 Å². The number of aromatic hydroxyl groups is 1. The van der Waals surface area contributed by atoms with Gasteiger partial charge in [-0.3, -0.25) is 0 Å². The van der Waals surface area contributed by atoms with Gasteiger partial charge in [0, 0.05) is 0 Å². The average Bonchev–Trinajstić information content (AvgIpc) is 3.52. The molecule has 3 aromatic rings. The van der Waals surface area contributed by atoms with Crippen molar-refractivity contribution in [1.29, 1.82) is 0 Å². The summed E-state index contributed by atoms with van der Waals surface area (Å²) < 4.78 is 29.1. The zero-order chi connectivity index (χ0) is 30.9. The Labute approximate surface area is 244 Å². The first-order valence-electron chi connectivity index (χ1n) is 13.2. The van der Waals surface area contributed by atoms with E-state index in [4.69, 9.17) is 29.0 Å². The number of aromatic amines is 1. The molecule has 2 fully saturated rings.